The van der Waals surface area contributed by atoms with Crippen LogP contribution in [-0.2, 0) is 16.0 Å². The number of rotatable bonds is 5. The third-order valence-corrected chi connectivity index (χ3v) is 8.91. The van der Waals surface area contributed by atoms with Gasteiger partial charge in [-0.25, -0.2) is 0 Å². The maximum Gasteiger partial charge on any atom is 0.225 e. The van der Waals surface area contributed by atoms with E-state index in [1.54, 1.807) is 0 Å². The summed E-state index contributed by atoms with van der Waals surface area (Å²) in [5.74, 6) is 0.779. The van der Waals surface area contributed by atoms with Crippen LogP contribution in [-0.4, -0.2) is 65.8 Å². The molecular formula is C28H37N3O2S. The molecule has 0 radical (unpaired) electrons. The maximum atomic E-state index is 13.2. The van der Waals surface area contributed by atoms with E-state index in [1.165, 1.54) is 35.3 Å². The van der Waals surface area contributed by atoms with E-state index in [9.17, 15) is 9.59 Å². The van der Waals surface area contributed by atoms with Gasteiger partial charge in [0.1, 0.15) is 0 Å². The average molecular weight is 480 g/mol. The lowest BCUT2D eigenvalue weighted by Gasteiger charge is -2.36. The van der Waals surface area contributed by atoms with Gasteiger partial charge in [0.2, 0.25) is 11.8 Å². The van der Waals surface area contributed by atoms with Crippen molar-refractivity contribution in [2.24, 2.45) is 5.92 Å². The van der Waals surface area contributed by atoms with Crippen molar-refractivity contribution in [2.45, 2.75) is 57.4 Å². The molecule has 2 aliphatic heterocycles. The van der Waals surface area contributed by atoms with Crippen LogP contribution in [0, 0.1) is 5.92 Å². The Hall–Kier alpha value is -2.18. The molecule has 2 amide bonds. The van der Waals surface area contributed by atoms with Crippen molar-refractivity contribution in [3.63, 3.8) is 0 Å². The van der Waals surface area contributed by atoms with Crippen LogP contribution in [0.2, 0.25) is 0 Å². The number of carbonyl (C=O) groups excluding carboxylic acids is 2. The minimum absolute atomic E-state index is 0.215. The highest BCUT2D eigenvalue weighted by Crippen LogP contribution is 2.37. The number of thiophene rings is 1. The number of amides is 2. The molecule has 6 heteroatoms. The predicted molar refractivity (Wildman–Crippen MR) is 137 cm³/mol. The van der Waals surface area contributed by atoms with Crippen LogP contribution < -0.4 is 0 Å². The topological polar surface area (TPSA) is 43.9 Å². The molecule has 3 aliphatic rings. The number of hydrogen-bond donors (Lipinski definition) is 0. The number of hydrogen-bond acceptors (Lipinski definition) is 4. The lowest BCUT2D eigenvalue weighted by molar-refractivity contribution is -0.137. The molecule has 0 spiro atoms. The second kappa shape index (κ2) is 11.0. The van der Waals surface area contributed by atoms with E-state index >= 15 is 0 Å². The van der Waals surface area contributed by atoms with Gasteiger partial charge < -0.3 is 9.80 Å². The van der Waals surface area contributed by atoms with Crippen LogP contribution in [0.4, 0.5) is 0 Å². The van der Waals surface area contributed by atoms with E-state index in [0.29, 0.717) is 25.4 Å². The third kappa shape index (κ3) is 5.23. The van der Waals surface area contributed by atoms with Crippen LogP contribution in [0.15, 0.2) is 41.8 Å². The highest BCUT2D eigenvalue weighted by Gasteiger charge is 2.31. The standard InChI is InChI=1S/C28H37N3O2S/c32-26(29-15-7-16-31(20-19-29)28(33)23-10-5-2-6-11-23)13-18-30-17-12-25-24(14-21-34-25)27(30)22-8-3-1-4-9-22/h1,3-4,8-9,14,21,23,27H,2,5-7,10-13,15-20H2/t27-/m0/s1. The Kier molecular flexibility index (Phi) is 7.65. The van der Waals surface area contributed by atoms with Crippen molar-refractivity contribution in [3.05, 3.63) is 57.8 Å². The summed E-state index contributed by atoms with van der Waals surface area (Å²) < 4.78 is 0. The van der Waals surface area contributed by atoms with Gasteiger partial charge in [-0.15, -0.1) is 11.3 Å². The first-order chi connectivity index (χ1) is 16.7. The van der Waals surface area contributed by atoms with Gasteiger partial charge in [-0.1, -0.05) is 49.6 Å². The molecule has 5 rings (SSSR count). The Morgan fingerprint density at radius 2 is 1.62 bits per heavy atom. The SMILES string of the molecule is O=C(CCN1CCc2sccc2[C@@H]1c1ccccc1)N1CCCN(C(=O)C2CCCCC2)CC1. The van der Waals surface area contributed by atoms with Gasteiger partial charge in [0.25, 0.3) is 0 Å². The molecule has 0 N–H and O–H groups in total. The molecule has 3 heterocycles. The van der Waals surface area contributed by atoms with E-state index in [-0.39, 0.29) is 17.9 Å². The maximum absolute atomic E-state index is 13.2. The van der Waals surface area contributed by atoms with E-state index in [1.807, 2.05) is 21.1 Å². The van der Waals surface area contributed by atoms with Crippen molar-refractivity contribution in [1.29, 1.82) is 0 Å². The van der Waals surface area contributed by atoms with Crippen molar-refractivity contribution < 1.29 is 9.59 Å². The van der Waals surface area contributed by atoms with Gasteiger partial charge in [-0.05, 0) is 48.3 Å². The summed E-state index contributed by atoms with van der Waals surface area (Å²) in [5.41, 5.74) is 2.71. The quantitative estimate of drug-likeness (QED) is 0.623. The molecule has 1 aromatic carbocycles. The van der Waals surface area contributed by atoms with E-state index < -0.39 is 0 Å². The summed E-state index contributed by atoms with van der Waals surface area (Å²) in [4.78, 5) is 34.2. The number of benzene rings is 1. The molecule has 0 unspecified atom stereocenters. The van der Waals surface area contributed by atoms with E-state index in [4.69, 9.17) is 0 Å². The smallest absolute Gasteiger partial charge is 0.225 e. The van der Waals surface area contributed by atoms with Crippen molar-refractivity contribution >= 4 is 23.2 Å². The lowest BCUT2D eigenvalue weighted by Crippen LogP contribution is -2.41. The zero-order valence-corrected chi connectivity index (χ0v) is 21.0. The third-order valence-electron chi connectivity index (χ3n) is 7.91. The second-order valence-corrected chi connectivity index (χ2v) is 11.0. The first-order valence-corrected chi connectivity index (χ1v) is 14.0. The predicted octanol–water partition coefficient (Wildman–Crippen LogP) is 4.73. The zero-order valence-electron chi connectivity index (χ0n) is 20.2. The molecule has 5 nitrogen and oxygen atoms in total. The Labute approximate surface area is 207 Å². The summed E-state index contributed by atoms with van der Waals surface area (Å²) in [6, 6.07) is 13.2. The van der Waals surface area contributed by atoms with E-state index in [0.717, 1.165) is 51.9 Å². The van der Waals surface area contributed by atoms with Gasteiger partial charge in [0, 0.05) is 56.5 Å². The van der Waals surface area contributed by atoms with Crippen LogP contribution in [0.3, 0.4) is 0 Å². The zero-order chi connectivity index (χ0) is 23.3. The Balaban J connectivity index is 1.18. The van der Waals surface area contributed by atoms with Crippen molar-refractivity contribution in [1.82, 2.24) is 14.7 Å². The lowest BCUT2D eigenvalue weighted by atomic mass is 9.88. The normalized spacial score (nSPS) is 22.3. The van der Waals surface area contributed by atoms with Gasteiger partial charge in [-0.2, -0.15) is 0 Å². The fraction of sp³-hybridized carbons (Fsp3) is 0.571. The summed E-state index contributed by atoms with van der Waals surface area (Å²) >= 11 is 1.85. The minimum Gasteiger partial charge on any atom is -0.341 e. The van der Waals surface area contributed by atoms with Crippen LogP contribution in [0.1, 0.15) is 67.0 Å². The summed E-state index contributed by atoms with van der Waals surface area (Å²) in [5, 5.41) is 2.20. The molecule has 1 atom stereocenters. The molecule has 2 aromatic rings. The Morgan fingerprint density at radius 1 is 0.853 bits per heavy atom. The van der Waals surface area contributed by atoms with Crippen molar-refractivity contribution in [3.8, 4) is 0 Å². The fourth-order valence-electron chi connectivity index (χ4n) is 6.03. The first-order valence-electron chi connectivity index (χ1n) is 13.1. The van der Waals surface area contributed by atoms with Crippen molar-refractivity contribution in [2.75, 3.05) is 39.3 Å². The monoisotopic (exact) mass is 479 g/mol. The highest BCUT2D eigenvalue weighted by atomic mass is 32.1. The molecule has 1 aromatic heterocycles. The largest absolute Gasteiger partial charge is 0.341 e. The first kappa shape index (κ1) is 23.6. The molecule has 1 aliphatic carbocycles. The van der Waals surface area contributed by atoms with Crippen LogP contribution >= 0.6 is 11.3 Å². The summed E-state index contributed by atoms with van der Waals surface area (Å²) in [6.07, 6.45) is 8.21. The van der Waals surface area contributed by atoms with Gasteiger partial charge in [0.05, 0.1) is 6.04 Å². The molecule has 2 fully saturated rings. The average Bonchev–Trinajstić information content (AvgIpc) is 3.23. The van der Waals surface area contributed by atoms with Gasteiger partial charge in [-0.3, -0.25) is 14.5 Å². The second-order valence-electron chi connectivity index (χ2n) is 10.0. The minimum atomic E-state index is 0.215. The van der Waals surface area contributed by atoms with Gasteiger partial charge >= 0.3 is 0 Å². The van der Waals surface area contributed by atoms with Gasteiger partial charge in [0.15, 0.2) is 0 Å². The molecule has 1 saturated carbocycles. The van der Waals surface area contributed by atoms with Crippen LogP contribution in [0.5, 0.6) is 0 Å². The molecule has 0 bridgehead atoms. The highest BCUT2D eigenvalue weighted by molar-refractivity contribution is 7.10. The molecule has 1 saturated heterocycles. The number of nitrogens with zero attached hydrogens (tertiary/aromatic N) is 3. The van der Waals surface area contributed by atoms with E-state index in [2.05, 4.69) is 46.7 Å². The fourth-order valence-corrected chi connectivity index (χ4v) is 6.93. The Bertz CT molecular complexity index is 969. The molecule has 182 valence electrons. The Morgan fingerprint density at radius 3 is 2.44 bits per heavy atom. The number of carbonyl (C=O) groups is 2. The molecule has 34 heavy (non-hydrogen) atoms. The summed E-state index contributed by atoms with van der Waals surface area (Å²) in [7, 11) is 0. The summed E-state index contributed by atoms with van der Waals surface area (Å²) in [6.45, 7) is 4.69. The number of fused-ring (bicyclic) bond motifs is 1. The molecular weight excluding hydrogens is 442 g/mol. The van der Waals surface area contributed by atoms with Crippen LogP contribution in [0.25, 0.3) is 0 Å².